The lowest BCUT2D eigenvalue weighted by atomic mass is 10.0. The van der Waals surface area contributed by atoms with Gasteiger partial charge in [0.25, 0.3) is 0 Å². The second-order valence-electron chi connectivity index (χ2n) is 9.10. The summed E-state index contributed by atoms with van der Waals surface area (Å²) < 4.78 is 35.7. The predicted molar refractivity (Wildman–Crippen MR) is 139 cm³/mol. The smallest absolute Gasteiger partial charge is 0.416 e. The number of carbonyl (C=O) groups excluding carboxylic acids is 2. The van der Waals surface area contributed by atoms with Gasteiger partial charge in [-0.1, -0.05) is 18.2 Å². The number of rotatable bonds is 4. The minimum absolute atomic E-state index is 0.245. The molecular weight excluding hydrogens is 484 g/mol. The molecule has 2 aliphatic heterocycles. The third-order valence-electron chi connectivity index (χ3n) is 6.57. The molecule has 1 fully saturated rings. The molecule has 194 valence electrons. The highest BCUT2D eigenvalue weighted by molar-refractivity contribution is 7.92. The first-order valence-corrected chi connectivity index (χ1v) is 13.7. The molecule has 36 heavy (non-hydrogen) atoms. The predicted octanol–water partition coefficient (Wildman–Crippen LogP) is 3.77. The number of hydrogen-bond donors (Lipinski definition) is 1. The van der Waals surface area contributed by atoms with E-state index >= 15 is 0 Å². The van der Waals surface area contributed by atoms with E-state index in [2.05, 4.69) is 5.32 Å². The zero-order chi connectivity index (χ0) is 26.0. The molecule has 0 spiro atoms. The van der Waals surface area contributed by atoms with Gasteiger partial charge in [-0.15, -0.1) is 0 Å². The molecule has 1 N–H and O–H groups in total. The molecule has 2 aliphatic rings. The molecule has 2 heterocycles. The number of benzene rings is 2. The first-order chi connectivity index (χ1) is 17.1. The van der Waals surface area contributed by atoms with Crippen LogP contribution in [0.4, 0.5) is 26.7 Å². The molecule has 11 heteroatoms. The summed E-state index contributed by atoms with van der Waals surface area (Å²) in [6.45, 7) is 2.90. The highest BCUT2D eigenvalue weighted by Gasteiger charge is 2.37. The van der Waals surface area contributed by atoms with Crippen LogP contribution in [0.1, 0.15) is 26.2 Å². The number of fused-ring (bicyclic) bond motifs is 1. The highest BCUT2D eigenvalue weighted by Crippen LogP contribution is 2.40. The zero-order valence-electron chi connectivity index (χ0n) is 20.9. The van der Waals surface area contributed by atoms with Crippen LogP contribution in [0.3, 0.4) is 0 Å². The van der Waals surface area contributed by atoms with Gasteiger partial charge in [-0.25, -0.2) is 18.0 Å². The number of methoxy groups -OCH3 is 1. The van der Waals surface area contributed by atoms with Gasteiger partial charge in [0.15, 0.2) is 6.23 Å². The van der Waals surface area contributed by atoms with Crippen molar-refractivity contribution >= 4 is 39.3 Å². The topological polar surface area (TPSA) is 108 Å². The van der Waals surface area contributed by atoms with Gasteiger partial charge in [-0.05, 0) is 68.1 Å². The molecule has 0 aromatic heterocycles. The number of nitrogens with zero attached hydrogens (tertiary/aromatic N) is 3. The Kier molecular flexibility index (Phi) is 7.41. The van der Waals surface area contributed by atoms with Crippen molar-refractivity contribution < 1.29 is 27.5 Å². The monoisotopic (exact) mass is 516 g/mol. The second kappa shape index (κ2) is 10.4. The van der Waals surface area contributed by atoms with E-state index in [4.69, 9.17) is 9.47 Å². The normalized spacial score (nSPS) is 19.9. The average Bonchev–Trinajstić information content (AvgIpc) is 2.87. The Morgan fingerprint density at radius 2 is 1.72 bits per heavy atom. The molecule has 0 aliphatic carbocycles. The molecule has 2 amide bonds. The van der Waals surface area contributed by atoms with Gasteiger partial charge >= 0.3 is 12.2 Å². The van der Waals surface area contributed by atoms with E-state index in [1.807, 2.05) is 31.2 Å². The number of piperidine rings is 1. The molecular formula is C25H32N4O6S. The van der Waals surface area contributed by atoms with Gasteiger partial charge in [0.05, 0.1) is 43.0 Å². The van der Waals surface area contributed by atoms with Gasteiger partial charge in [0.1, 0.15) is 0 Å². The van der Waals surface area contributed by atoms with Crippen LogP contribution in [0.5, 0.6) is 0 Å². The van der Waals surface area contributed by atoms with Crippen LogP contribution >= 0.6 is 0 Å². The molecule has 2 aromatic carbocycles. The lowest BCUT2D eigenvalue weighted by molar-refractivity contribution is 0.0659. The second-order valence-corrected chi connectivity index (χ2v) is 11.1. The van der Waals surface area contributed by atoms with Crippen molar-refractivity contribution in [1.29, 1.82) is 0 Å². The zero-order valence-corrected chi connectivity index (χ0v) is 21.7. The number of hydrogen-bond acceptors (Lipinski definition) is 7. The van der Waals surface area contributed by atoms with Gasteiger partial charge in [-0.3, -0.25) is 19.4 Å². The molecule has 1 unspecified atom stereocenters. The van der Waals surface area contributed by atoms with Crippen LogP contribution < -0.4 is 19.4 Å². The Morgan fingerprint density at radius 3 is 2.33 bits per heavy atom. The maximum atomic E-state index is 13.2. The van der Waals surface area contributed by atoms with Crippen molar-refractivity contribution in [2.75, 3.05) is 47.6 Å². The Bertz CT molecular complexity index is 1230. The van der Waals surface area contributed by atoms with Crippen molar-refractivity contribution in [3.05, 3.63) is 42.5 Å². The Morgan fingerprint density at radius 1 is 1.03 bits per heavy atom. The fourth-order valence-electron chi connectivity index (χ4n) is 4.52. The Labute approximate surface area is 211 Å². The summed E-state index contributed by atoms with van der Waals surface area (Å²) in [5.74, 6) is 0. The quantitative estimate of drug-likeness (QED) is 0.659. The highest BCUT2D eigenvalue weighted by atomic mass is 32.2. The fraction of sp³-hybridized carbons (Fsp3) is 0.440. The van der Waals surface area contributed by atoms with Crippen molar-refractivity contribution in [2.24, 2.45) is 0 Å². The lowest BCUT2D eigenvalue weighted by Gasteiger charge is -2.40. The molecule has 1 saturated heterocycles. The van der Waals surface area contributed by atoms with Crippen molar-refractivity contribution in [3.63, 3.8) is 0 Å². The number of sulfonamides is 1. The largest absolute Gasteiger partial charge is 0.452 e. The molecule has 2 aromatic rings. The lowest BCUT2D eigenvalue weighted by Crippen LogP contribution is -2.53. The first-order valence-electron chi connectivity index (χ1n) is 11.9. The maximum Gasteiger partial charge on any atom is 0.416 e. The Balaban J connectivity index is 1.69. The average molecular weight is 517 g/mol. The minimum atomic E-state index is -3.38. The van der Waals surface area contributed by atoms with Crippen molar-refractivity contribution in [3.8, 4) is 11.1 Å². The van der Waals surface area contributed by atoms with E-state index in [1.54, 1.807) is 23.1 Å². The maximum absolute atomic E-state index is 13.2. The van der Waals surface area contributed by atoms with E-state index in [1.165, 1.54) is 23.4 Å². The summed E-state index contributed by atoms with van der Waals surface area (Å²) in [6, 6.07) is 12.2. The van der Waals surface area contributed by atoms with Gasteiger partial charge in [0.2, 0.25) is 10.0 Å². The summed E-state index contributed by atoms with van der Waals surface area (Å²) in [5.41, 5.74) is 3.25. The number of nitrogens with one attached hydrogen (secondary N) is 1. The minimum Gasteiger partial charge on any atom is -0.452 e. The van der Waals surface area contributed by atoms with Crippen LogP contribution in [0, 0.1) is 0 Å². The third-order valence-corrected chi connectivity index (χ3v) is 7.78. The van der Waals surface area contributed by atoms with Crippen LogP contribution in [-0.4, -0.2) is 66.4 Å². The molecule has 0 saturated carbocycles. The van der Waals surface area contributed by atoms with E-state index < -0.39 is 22.2 Å². The Hall–Kier alpha value is -3.31. The van der Waals surface area contributed by atoms with Crippen molar-refractivity contribution in [2.45, 2.75) is 38.5 Å². The molecule has 10 nitrogen and oxygen atoms in total. The van der Waals surface area contributed by atoms with Gasteiger partial charge < -0.3 is 9.47 Å². The number of carbonyl (C=O) groups is 2. The number of ether oxygens (including phenoxy) is 2. The van der Waals surface area contributed by atoms with E-state index in [9.17, 15) is 18.0 Å². The fourth-order valence-corrected chi connectivity index (χ4v) is 5.02. The van der Waals surface area contributed by atoms with Crippen LogP contribution in [0.15, 0.2) is 42.5 Å². The molecule has 4 rings (SSSR count). The first kappa shape index (κ1) is 25.8. The third kappa shape index (κ3) is 5.26. The van der Waals surface area contributed by atoms with Crippen LogP contribution in [-0.2, 0) is 19.5 Å². The van der Waals surface area contributed by atoms with Crippen LogP contribution in [0.2, 0.25) is 0 Å². The standard InChI is InChI=1S/C25H32N4O6S/c1-17-16-28(24(30)35-23-7-5-6-14-26-23)22-15-19(10-13-21(22)29(17)25(31)34-3)18-8-11-20(12-9-18)27(2)36(4,32)33/h8-13,15,17,23,26H,5-7,14,16H2,1-4H3/t17-,23?/m0/s1. The molecule has 0 radical (unpaired) electrons. The van der Waals surface area contributed by atoms with Gasteiger partial charge in [0, 0.05) is 7.05 Å². The molecule has 0 bridgehead atoms. The molecule has 2 atom stereocenters. The SMILES string of the molecule is COC(=O)N1c2ccc(-c3ccc(N(C)S(C)(=O)=O)cc3)cc2N(C(=O)OC2CCCCN2)C[C@@H]1C. The van der Waals surface area contributed by atoms with Crippen molar-refractivity contribution in [1.82, 2.24) is 5.32 Å². The van der Waals surface area contributed by atoms with E-state index in [0.29, 0.717) is 17.1 Å². The summed E-state index contributed by atoms with van der Waals surface area (Å²) in [4.78, 5) is 28.9. The summed E-state index contributed by atoms with van der Waals surface area (Å²) >= 11 is 0. The number of anilines is 3. The summed E-state index contributed by atoms with van der Waals surface area (Å²) in [5, 5.41) is 3.22. The van der Waals surface area contributed by atoms with E-state index in [-0.39, 0.29) is 18.8 Å². The summed E-state index contributed by atoms with van der Waals surface area (Å²) in [6.07, 6.45) is 2.61. The van der Waals surface area contributed by atoms with Gasteiger partial charge in [-0.2, -0.15) is 0 Å². The summed E-state index contributed by atoms with van der Waals surface area (Å²) in [7, 11) is -0.552. The van der Waals surface area contributed by atoms with E-state index in [0.717, 1.165) is 43.2 Å². The number of amides is 2. The van der Waals surface area contributed by atoms with Crippen LogP contribution in [0.25, 0.3) is 11.1 Å².